The number of methoxy groups -OCH3 is 1. The van der Waals surface area contributed by atoms with Crippen LogP contribution in [0.15, 0.2) is 61.4 Å². The summed E-state index contributed by atoms with van der Waals surface area (Å²) in [6.07, 6.45) is -2.22. The van der Waals surface area contributed by atoms with Crippen LogP contribution in [-0.4, -0.2) is 59.0 Å². The average molecular weight is 509 g/mol. The number of carbonyl (C=O) groups excluding carboxylic acids is 1. The lowest BCUT2D eigenvalue weighted by atomic mass is 10.1. The number of ether oxygens (including phenoxy) is 2. The van der Waals surface area contributed by atoms with E-state index in [2.05, 4.69) is 21.5 Å². The minimum Gasteiger partial charge on any atom is -0.497 e. The molecule has 0 N–H and O–H groups in total. The first-order valence-corrected chi connectivity index (χ1v) is 11.4. The van der Waals surface area contributed by atoms with E-state index in [0.29, 0.717) is 43.1 Å². The van der Waals surface area contributed by atoms with Crippen molar-refractivity contribution in [1.29, 1.82) is 0 Å². The number of fused-ring (bicyclic) bond motifs is 2. The Morgan fingerprint density at radius 2 is 1.81 bits per heavy atom. The number of rotatable bonds is 5. The van der Waals surface area contributed by atoms with Crippen molar-refractivity contribution >= 4 is 33.4 Å². The van der Waals surface area contributed by atoms with E-state index in [1.807, 2.05) is 17.0 Å². The Morgan fingerprint density at radius 3 is 2.51 bits per heavy atom. The van der Waals surface area contributed by atoms with Gasteiger partial charge in [0.05, 0.1) is 12.5 Å². The Labute approximate surface area is 210 Å². The molecule has 1 saturated heterocycles. The summed E-state index contributed by atoms with van der Waals surface area (Å²) in [5, 5.41) is 1.61. The van der Waals surface area contributed by atoms with Crippen LogP contribution in [0.2, 0.25) is 0 Å². The Kier molecular flexibility index (Phi) is 6.28. The highest BCUT2D eigenvalue weighted by Crippen LogP contribution is 2.39. The third kappa shape index (κ3) is 4.72. The number of benzene rings is 2. The molecule has 2 aromatic heterocycles. The SMILES string of the molecule is C=CC(=O)N1CCN(c2ncnc3c(Oc4cc(OC)cc5ccccc45)nc(C(F)(F)F)cc23)CC1. The van der Waals surface area contributed by atoms with Crippen molar-refractivity contribution in [2.24, 2.45) is 0 Å². The molecule has 0 unspecified atom stereocenters. The van der Waals surface area contributed by atoms with E-state index in [1.165, 1.54) is 19.5 Å². The van der Waals surface area contributed by atoms with Crippen LogP contribution in [0.5, 0.6) is 17.4 Å². The van der Waals surface area contributed by atoms with Crippen molar-refractivity contribution in [3.63, 3.8) is 0 Å². The number of amides is 1. The summed E-state index contributed by atoms with van der Waals surface area (Å²) < 4.78 is 53.1. The molecule has 0 radical (unpaired) electrons. The van der Waals surface area contributed by atoms with Crippen molar-refractivity contribution in [3.05, 3.63) is 67.1 Å². The van der Waals surface area contributed by atoms with Crippen molar-refractivity contribution in [2.75, 3.05) is 38.2 Å². The Bertz CT molecular complexity index is 1500. The van der Waals surface area contributed by atoms with Gasteiger partial charge >= 0.3 is 6.18 Å². The predicted molar refractivity (Wildman–Crippen MR) is 132 cm³/mol. The molecule has 0 atom stereocenters. The number of hydrogen-bond donors (Lipinski definition) is 0. The van der Waals surface area contributed by atoms with Crippen molar-refractivity contribution in [2.45, 2.75) is 6.18 Å². The fourth-order valence-electron chi connectivity index (χ4n) is 4.31. The molecule has 2 aromatic carbocycles. The molecule has 1 aliphatic rings. The molecule has 11 heteroatoms. The van der Waals surface area contributed by atoms with Crippen LogP contribution in [0.4, 0.5) is 19.0 Å². The van der Waals surface area contributed by atoms with E-state index in [0.717, 1.165) is 11.5 Å². The molecule has 0 spiro atoms. The molecule has 1 aliphatic heterocycles. The smallest absolute Gasteiger partial charge is 0.433 e. The first-order valence-electron chi connectivity index (χ1n) is 11.4. The van der Waals surface area contributed by atoms with Crippen LogP contribution in [0.25, 0.3) is 21.7 Å². The first-order chi connectivity index (χ1) is 17.8. The molecular formula is C26H22F3N5O3. The molecule has 0 saturated carbocycles. The number of hydrogen-bond acceptors (Lipinski definition) is 7. The number of halogens is 3. The van der Waals surface area contributed by atoms with E-state index >= 15 is 0 Å². The summed E-state index contributed by atoms with van der Waals surface area (Å²) in [6, 6.07) is 11.6. The normalized spacial score (nSPS) is 14.2. The van der Waals surface area contributed by atoms with E-state index in [9.17, 15) is 18.0 Å². The highest BCUT2D eigenvalue weighted by atomic mass is 19.4. The molecule has 0 bridgehead atoms. The minimum absolute atomic E-state index is 0.134. The Hall–Kier alpha value is -4.41. The Morgan fingerprint density at radius 1 is 1.05 bits per heavy atom. The van der Waals surface area contributed by atoms with Gasteiger partial charge in [0.1, 0.15) is 34.9 Å². The topological polar surface area (TPSA) is 80.7 Å². The highest BCUT2D eigenvalue weighted by Gasteiger charge is 2.35. The summed E-state index contributed by atoms with van der Waals surface area (Å²) in [5.41, 5.74) is -0.992. The number of anilines is 1. The quantitative estimate of drug-likeness (QED) is 0.357. The van der Waals surface area contributed by atoms with Gasteiger partial charge in [-0.05, 0) is 23.6 Å². The summed E-state index contributed by atoms with van der Waals surface area (Å²) in [7, 11) is 1.49. The van der Waals surface area contributed by atoms with Crippen LogP contribution in [0.3, 0.4) is 0 Å². The maximum Gasteiger partial charge on any atom is 0.433 e. The van der Waals surface area contributed by atoms with E-state index in [1.54, 1.807) is 29.2 Å². The number of alkyl halides is 3. The van der Waals surface area contributed by atoms with Gasteiger partial charge in [0.25, 0.3) is 0 Å². The molecule has 8 nitrogen and oxygen atoms in total. The van der Waals surface area contributed by atoms with Crippen molar-refractivity contribution in [3.8, 4) is 17.4 Å². The van der Waals surface area contributed by atoms with Crippen LogP contribution in [-0.2, 0) is 11.0 Å². The predicted octanol–water partition coefficient (Wildman–Crippen LogP) is 4.83. The molecule has 3 heterocycles. The second-order valence-electron chi connectivity index (χ2n) is 8.37. The zero-order chi connectivity index (χ0) is 26.2. The summed E-state index contributed by atoms with van der Waals surface area (Å²) in [5.74, 6) is 0.570. The third-order valence-corrected chi connectivity index (χ3v) is 6.16. The van der Waals surface area contributed by atoms with Crippen molar-refractivity contribution in [1.82, 2.24) is 19.9 Å². The second kappa shape index (κ2) is 9.57. The molecule has 1 amide bonds. The summed E-state index contributed by atoms with van der Waals surface area (Å²) in [6.45, 7) is 5.03. The van der Waals surface area contributed by atoms with Gasteiger partial charge in [0.2, 0.25) is 11.8 Å². The maximum absolute atomic E-state index is 13.9. The molecule has 190 valence electrons. The fraction of sp³-hybridized carbons (Fsp3) is 0.231. The molecule has 4 aromatic rings. The lowest BCUT2D eigenvalue weighted by molar-refractivity contribution is -0.141. The average Bonchev–Trinajstić information content (AvgIpc) is 2.91. The Balaban J connectivity index is 1.62. The number of pyridine rings is 1. The lowest BCUT2D eigenvalue weighted by Crippen LogP contribution is -2.48. The van der Waals surface area contributed by atoms with E-state index in [4.69, 9.17) is 9.47 Å². The largest absolute Gasteiger partial charge is 0.497 e. The van der Waals surface area contributed by atoms with Gasteiger partial charge < -0.3 is 19.3 Å². The van der Waals surface area contributed by atoms with Gasteiger partial charge in [0.15, 0.2) is 0 Å². The number of nitrogens with zero attached hydrogens (tertiary/aromatic N) is 5. The third-order valence-electron chi connectivity index (χ3n) is 6.16. The van der Waals surface area contributed by atoms with Crippen LogP contribution in [0.1, 0.15) is 5.69 Å². The zero-order valence-corrected chi connectivity index (χ0v) is 19.8. The van der Waals surface area contributed by atoms with E-state index < -0.39 is 11.9 Å². The molecule has 0 aliphatic carbocycles. The zero-order valence-electron chi connectivity index (χ0n) is 19.8. The van der Waals surface area contributed by atoms with E-state index in [-0.39, 0.29) is 28.4 Å². The maximum atomic E-state index is 13.9. The minimum atomic E-state index is -4.73. The van der Waals surface area contributed by atoms with Gasteiger partial charge in [0, 0.05) is 37.6 Å². The molecular weight excluding hydrogens is 487 g/mol. The van der Waals surface area contributed by atoms with Crippen LogP contribution >= 0.6 is 0 Å². The van der Waals surface area contributed by atoms with Gasteiger partial charge in [-0.25, -0.2) is 15.0 Å². The lowest BCUT2D eigenvalue weighted by Gasteiger charge is -2.35. The van der Waals surface area contributed by atoms with Gasteiger partial charge in [-0.15, -0.1) is 0 Å². The van der Waals surface area contributed by atoms with Crippen molar-refractivity contribution < 1.29 is 27.4 Å². The van der Waals surface area contributed by atoms with Gasteiger partial charge in [-0.2, -0.15) is 13.2 Å². The second-order valence-corrected chi connectivity index (χ2v) is 8.37. The number of aromatic nitrogens is 3. The molecule has 5 rings (SSSR count). The highest BCUT2D eigenvalue weighted by molar-refractivity contribution is 5.94. The molecule has 37 heavy (non-hydrogen) atoms. The fourth-order valence-corrected chi connectivity index (χ4v) is 4.31. The molecule has 1 fully saturated rings. The number of piperazine rings is 1. The van der Waals surface area contributed by atoms with Gasteiger partial charge in [-0.3, -0.25) is 4.79 Å². The van der Waals surface area contributed by atoms with Crippen LogP contribution in [0, 0.1) is 0 Å². The summed E-state index contributed by atoms with van der Waals surface area (Å²) in [4.78, 5) is 27.7. The standard InChI is InChI=1S/C26H22F3N5O3/c1-3-22(35)33-8-10-34(11-9-33)24-19-14-21(26(27,28)29)32-25(23(19)30-15-31-24)37-20-13-17(36-2)12-16-6-4-5-7-18(16)20/h3-7,12-15H,1,8-11H2,2H3. The first kappa shape index (κ1) is 24.3. The van der Waals surface area contributed by atoms with Gasteiger partial charge in [-0.1, -0.05) is 30.8 Å². The summed E-state index contributed by atoms with van der Waals surface area (Å²) >= 11 is 0. The monoisotopic (exact) mass is 509 g/mol. The number of carbonyl (C=O) groups is 1. The van der Waals surface area contributed by atoms with Crippen LogP contribution < -0.4 is 14.4 Å².